The van der Waals surface area contributed by atoms with Gasteiger partial charge in [-0.05, 0) is 45.8 Å². The van der Waals surface area contributed by atoms with Crippen LogP contribution in [0.25, 0.3) is 0 Å². The van der Waals surface area contributed by atoms with Crippen molar-refractivity contribution >= 4 is 21.8 Å². The molecule has 0 fully saturated rings. The van der Waals surface area contributed by atoms with E-state index in [-0.39, 0.29) is 0 Å². The van der Waals surface area contributed by atoms with Gasteiger partial charge in [0.25, 0.3) is 0 Å². The van der Waals surface area contributed by atoms with Crippen LogP contribution < -0.4 is 15.4 Å². The van der Waals surface area contributed by atoms with E-state index in [4.69, 9.17) is 0 Å². The van der Waals surface area contributed by atoms with Gasteiger partial charge in [0, 0.05) is 29.8 Å². The number of allylic oxidation sites excluding steroid dienone is 5. The maximum absolute atomic E-state index is 3.39. The van der Waals surface area contributed by atoms with Crippen LogP contribution in [0, 0.1) is 5.92 Å². The zero-order valence-corrected chi connectivity index (χ0v) is 13.7. The maximum atomic E-state index is 3.39. The van der Waals surface area contributed by atoms with Crippen molar-refractivity contribution in [1.82, 2.24) is 15.4 Å². The number of hydrogen-bond donors (Lipinski definition) is 3. The smallest absolute Gasteiger partial charge is 0.0843 e. The summed E-state index contributed by atoms with van der Waals surface area (Å²) >= 11 is 0. The predicted molar refractivity (Wildman–Crippen MR) is 91.8 cm³/mol. The van der Waals surface area contributed by atoms with Crippen LogP contribution in [0.4, 0.5) is 0 Å². The normalized spacial score (nSPS) is 18.1. The topological polar surface area (TPSA) is 36.1 Å². The monoisotopic (exact) mass is 309 g/mol. The van der Waals surface area contributed by atoms with Gasteiger partial charge in [-0.3, -0.25) is 4.72 Å². The first-order valence-electron chi connectivity index (χ1n) is 7.06. The number of nitrogens with one attached hydrogen (secondary N) is 3. The Kier molecular flexibility index (Phi) is 6.63. The molecule has 0 aromatic carbocycles. The van der Waals surface area contributed by atoms with E-state index < -0.39 is 0 Å². The van der Waals surface area contributed by atoms with Crippen molar-refractivity contribution < 1.29 is 0 Å². The van der Waals surface area contributed by atoms with Crippen LogP contribution in [0.1, 0.15) is 26.7 Å². The molecule has 3 nitrogen and oxygen atoms in total. The molecule has 0 atom stereocenters. The Morgan fingerprint density at radius 3 is 2.95 bits per heavy atom. The van der Waals surface area contributed by atoms with E-state index in [0.29, 0.717) is 5.92 Å². The first-order chi connectivity index (χ1) is 9.75. The van der Waals surface area contributed by atoms with Gasteiger partial charge >= 0.3 is 0 Å². The summed E-state index contributed by atoms with van der Waals surface area (Å²) < 4.78 is 3.39. The lowest BCUT2D eigenvalue weighted by atomic mass is 10.0. The van der Waals surface area contributed by atoms with Crippen LogP contribution in [-0.4, -0.2) is 13.2 Å². The van der Waals surface area contributed by atoms with E-state index in [2.05, 4.69) is 59.7 Å². The summed E-state index contributed by atoms with van der Waals surface area (Å²) in [5, 5.41) is 6.43. The van der Waals surface area contributed by atoms with E-state index in [1.165, 1.54) is 16.2 Å². The predicted octanol–water partition coefficient (Wildman–Crippen LogP) is 3.68. The molecular formula is C15H23N3S2. The fourth-order valence-corrected chi connectivity index (χ4v) is 3.69. The second kappa shape index (κ2) is 8.49. The lowest BCUT2D eigenvalue weighted by molar-refractivity contribution is 0.767. The Hall–Kier alpha value is -0.780. The van der Waals surface area contributed by atoms with Gasteiger partial charge in [0.2, 0.25) is 0 Å². The van der Waals surface area contributed by atoms with E-state index >= 15 is 0 Å². The molecule has 0 bridgehead atoms. The molecule has 0 amide bonds. The standard InChI is InChI=1S/C15H23N3S2/c1-12(2)13-4-3-5-15(7-6-13)19-20-18-9-8-14-10-16-11-17-14/h4-7,10,12,16-18H,3,8-9,11H2,1-2H3. The van der Waals surface area contributed by atoms with Gasteiger partial charge < -0.3 is 10.6 Å². The van der Waals surface area contributed by atoms with E-state index in [1.807, 2.05) is 0 Å². The van der Waals surface area contributed by atoms with Crippen molar-refractivity contribution in [2.24, 2.45) is 5.92 Å². The van der Waals surface area contributed by atoms with E-state index in [9.17, 15) is 0 Å². The van der Waals surface area contributed by atoms with Gasteiger partial charge in [0.05, 0.1) is 6.67 Å². The summed E-state index contributed by atoms with van der Waals surface area (Å²) in [6.45, 7) is 6.32. The maximum Gasteiger partial charge on any atom is 0.0843 e. The molecule has 0 aromatic rings. The molecule has 20 heavy (non-hydrogen) atoms. The SMILES string of the molecule is CC(C)C1=CCC=C(SSNCCC2=CNCN2)C=C1. The molecular weight excluding hydrogens is 286 g/mol. The summed E-state index contributed by atoms with van der Waals surface area (Å²) in [7, 11) is 3.51. The molecule has 0 aromatic heterocycles. The molecule has 5 heteroatoms. The largest absolute Gasteiger partial charge is 0.372 e. The Balaban J connectivity index is 1.62. The van der Waals surface area contributed by atoms with Crippen LogP contribution in [0.15, 0.2) is 46.7 Å². The van der Waals surface area contributed by atoms with Gasteiger partial charge in [0.15, 0.2) is 0 Å². The third-order valence-electron chi connectivity index (χ3n) is 3.17. The van der Waals surface area contributed by atoms with Gasteiger partial charge in [0.1, 0.15) is 0 Å². The zero-order valence-electron chi connectivity index (χ0n) is 12.1. The fourth-order valence-electron chi connectivity index (χ4n) is 1.97. The highest BCUT2D eigenvalue weighted by Crippen LogP contribution is 2.31. The second-order valence-corrected chi connectivity index (χ2v) is 7.17. The third kappa shape index (κ3) is 5.31. The van der Waals surface area contributed by atoms with Crippen molar-refractivity contribution in [3.8, 4) is 0 Å². The highest BCUT2D eigenvalue weighted by molar-refractivity contribution is 8.77. The van der Waals surface area contributed by atoms with Crippen LogP contribution in [0.5, 0.6) is 0 Å². The molecule has 1 heterocycles. The van der Waals surface area contributed by atoms with Crippen LogP contribution in [0.2, 0.25) is 0 Å². The minimum atomic E-state index is 0.607. The summed E-state index contributed by atoms with van der Waals surface area (Å²) in [5.74, 6) is 0.607. The Morgan fingerprint density at radius 1 is 1.30 bits per heavy atom. The quantitative estimate of drug-likeness (QED) is 0.380. The van der Waals surface area contributed by atoms with Crippen LogP contribution >= 0.6 is 21.8 Å². The molecule has 0 unspecified atom stereocenters. The summed E-state index contributed by atoms with van der Waals surface area (Å²) in [4.78, 5) is 1.33. The van der Waals surface area contributed by atoms with E-state index in [1.54, 1.807) is 21.8 Å². The first-order valence-corrected chi connectivity index (χ1v) is 9.21. The molecule has 2 rings (SSSR count). The van der Waals surface area contributed by atoms with Crippen molar-refractivity contribution in [1.29, 1.82) is 0 Å². The van der Waals surface area contributed by atoms with Crippen LogP contribution in [0.3, 0.4) is 0 Å². The van der Waals surface area contributed by atoms with Gasteiger partial charge in [-0.2, -0.15) is 0 Å². The Morgan fingerprint density at radius 2 is 2.20 bits per heavy atom. The molecule has 1 aliphatic heterocycles. The van der Waals surface area contributed by atoms with Gasteiger partial charge in [-0.1, -0.05) is 32.1 Å². The number of hydrogen-bond acceptors (Lipinski definition) is 5. The molecule has 1 aliphatic carbocycles. The summed E-state index contributed by atoms with van der Waals surface area (Å²) in [6, 6.07) is 0. The summed E-state index contributed by atoms with van der Waals surface area (Å²) in [6.07, 6.45) is 13.2. The highest BCUT2D eigenvalue weighted by Gasteiger charge is 2.04. The van der Waals surface area contributed by atoms with Gasteiger partial charge in [-0.15, -0.1) is 0 Å². The van der Waals surface area contributed by atoms with Crippen molar-refractivity contribution in [3.05, 3.63) is 46.7 Å². The minimum Gasteiger partial charge on any atom is -0.372 e. The average Bonchev–Trinajstić information content (AvgIpc) is 2.82. The number of rotatable bonds is 7. The molecule has 3 N–H and O–H groups in total. The van der Waals surface area contributed by atoms with Crippen molar-refractivity contribution in [3.63, 3.8) is 0 Å². The lowest BCUT2D eigenvalue weighted by Gasteiger charge is -2.05. The van der Waals surface area contributed by atoms with Crippen LogP contribution in [-0.2, 0) is 0 Å². The lowest BCUT2D eigenvalue weighted by Crippen LogP contribution is -2.16. The molecule has 0 spiro atoms. The molecule has 0 saturated carbocycles. The molecule has 0 radical (unpaired) electrons. The molecule has 2 aliphatic rings. The first kappa shape index (κ1) is 15.6. The Labute approximate surface area is 130 Å². The second-order valence-electron chi connectivity index (χ2n) is 5.07. The Bertz CT molecular complexity index is 436. The fraction of sp³-hybridized carbons (Fsp3) is 0.467. The van der Waals surface area contributed by atoms with Gasteiger partial charge in [-0.25, -0.2) is 0 Å². The average molecular weight is 310 g/mol. The minimum absolute atomic E-state index is 0.607. The third-order valence-corrected chi connectivity index (χ3v) is 5.25. The summed E-state index contributed by atoms with van der Waals surface area (Å²) in [5.41, 5.74) is 2.71. The van der Waals surface area contributed by atoms with E-state index in [0.717, 1.165) is 26.1 Å². The van der Waals surface area contributed by atoms with Crippen molar-refractivity contribution in [2.75, 3.05) is 13.2 Å². The molecule has 0 saturated heterocycles. The highest BCUT2D eigenvalue weighted by atomic mass is 33.1. The zero-order chi connectivity index (χ0) is 14.2. The molecule has 110 valence electrons. The van der Waals surface area contributed by atoms with Crippen molar-refractivity contribution in [2.45, 2.75) is 26.7 Å².